The molecule has 0 aliphatic rings. The van der Waals surface area contributed by atoms with Crippen LogP contribution in [0.3, 0.4) is 0 Å². The lowest BCUT2D eigenvalue weighted by Gasteiger charge is -2.13. The molecule has 3 aromatic rings. The van der Waals surface area contributed by atoms with Gasteiger partial charge in [-0.2, -0.15) is 0 Å². The van der Waals surface area contributed by atoms with Crippen molar-refractivity contribution in [1.82, 2.24) is 0 Å². The highest BCUT2D eigenvalue weighted by atomic mass is 127. The second kappa shape index (κ2) is 9.78. The van der Waals surface area contributed by atoms with Crippen molar-refractivity contribution in [1.29, 1.82) is 0 Å². The van der Waals surface area contributed by atoms with E-state index in [0.717, 1.165) is 20.7 Å². The van der Waals surface area contributed by atoms with Gasteiger partial charge in [-0.1, -0.05) is 28.1 Å². The first-order valence-electron chi connectivity index (χ1n) is 7.88. The summed E-state index contributed by atoms with van der Waals surface area (Å²) in [6, 6.07) is 9.16. The maximum absolute atomic E-state index is 13.0. The number of hydrogen-bond acceptors (Lipinski definition) is 4. The summed E-state index contributed by atoms with van der Waals surface area (Å²) in [5.41, 5.74) is 1.91. The minimum atomic E-state index is -1.09. The number of halogens is 4. The van der Waals surface area contributed by atoms with Gasteiger partial charge in [0, 0.05) is 22.6 Å². The summed E-state index contributed by atoms with van der Waals surface area (Å²) in [5, 5.41) is 14.6. The Hall–Kier alpha value is -0.450. The molecule has 0 radical (unpaired) electrons. The van der Waals surface area contributed by atoms with Crippen molar-refractivity contribution in [2.24, 2.45) is 0 Å². The first-order valence-corrected chi connectivity index (χ1v) is 12.8. The number of thiophene rings is 1. The number of carboxylic acids is 1. The van der Waals surface area contributed by atoms with Gasteiger partial charge in [-0.3, -0.25) is 4.79 Å². The van der Waals surface area contributed by atoms with Gasteiger partial charge in [-0.25, -0.2) is 4.79 Å². The van der Waals surface area contributed by atoms with Gasteiger partial charge in [-0.05, 0) is 91.5 Å². The summed E-state index contributed by atoms with van der Waals surface area (Å²) in [5.74, 6) is -0.755. The second-order valence-electron chi connectivity index (χ2n) is 5.68. The molecular weight excluding hydrogens is 799 g/mol. The van der Waals surface area contributed by atoms with Gasteiger partial charge in [0.1, 0.15) is 16.3 Å². The Morgan fingerprint density at radius 2 is 1.76 bits per heavy atom. The Kier molecular flexibility index (Phi) is 7.83. The van der Waals surface area contributed by atoms with Crippen LogP contribution in [0.5, 0.6) is 5.75 Å². The summed E-state index contributed by atoms with van der Waals surface area (Å²) in [6.45, 7) is 0. The third-order valence-corrected chi connectivity index (χ3v) is 9.42. The van der Waals surface area contributed by atoms with E-state index in [4.69, 9.17) is 4.74 Å². The topological polar surface area (TPSA) is 75.6 Å². The van der Waals surface area contributed by atoms with Crippen LogP contribution >= 0.6 is 95.0 Å². The van der Waals surface area contributed by atoms with Crippen LogP contribution in [0.2, 0.25) is 0 Å². The van der Waals surface area contributed by atoms with E-state index < -0.39 is 5.97 Å². The summed E-state index contributed by atoms with van der Waals surface area (Å²) >= 11 is 10.9. The van der Waals surface area contributed by atoms with Crippen LogP contribution in [0, 0.1) is 10.7 Å². The fourth-order valence-corrected chi connectivity index (χ4v) is 6.58. The lowest BCUT2D eigenvalue weighted by molar-refractivity contribution is 0.0699. The molecule has 1 amide bonds. The highest BCUT2D eigenvalue weighted by molar-refractivity contribution is 14.1. The van der Waals surface area contributed by atoms with Crippen LogP contribution in [0.15, 0.2) is 40.2 Å². The first-order chi connectivity index (χ1) is 13.7. The van der Waals surface area contributed by atoms with Crippen LogP contribution in [-0.2, 0) is 0 Å². The van der Waals surface area contributed by atoms with Gasteiger partial charge < -0.3 is 15.2 Å². The Morgan fingerprint density at radius 3 is 2.34 bits per heavy atom. The van der Waals surface area contributed by atoms with E-state index in [1.165, 1.54) is 11.3 Å². The third kappa shape index (κ3) is 4.91. The zero-order chi connectivity index (χ0) is 21.3. The first kappa shape index (κ1) is 23.2. The lowest BCUT2D eigenvalue weighted by atomic mass is 10.0. The van der Waals surface area contributed by atoms with Gasteiger partial charge in [0.2, 0.25) is 0 Å². The maximum atomic E-state index is 13.0. The van der Waals surface area contributed by atoms with E-state index in [-0.39, 0.29) is 11.5 Å². The Bertz CT molecular complexity index is 1120. The number of amides is 1. The zero-order valence-electron chi connectivity index (χ0n) is 14.6. The molecule has 1 aromatic heterocycles. The predicted molar refractivity (Wildman–Crippen MR) is 144 cm³/mol. The molecule has 0 saturated heterocycles. The van der Waals surface area contributed by atoms with Gasteiger partial charge in [0.05, 0.1) is 16.2 Å². The molecule has 0 aliphatic carbocycles. The third-order valence-electron chi connectivity index (χ3n) is 3.96. The Labute approximate surface area is 220 Å². The number of ether oxygens (including phenoxy) is 1. The van der Waals surface area contributed by atoms with E-state index in [1.54, 1.807) is 18.6 Å². The monoisotopic (exact) mass is 809 g/mol. The van der Waals surface area contributed by atoms with Crippen molar-refractivity contribution in [2.45, 2.75) is 0 Å². The number of anilines is 1. The van der Waals surface area contributed by atoms with Crippen molar-refractivity contribution in [3.05, 3.63) is 62.0 Å². The molecular formula is C19H11BrI3NO4S. The number of rotatable bonds is 5. The SMILES string of the molecule is COc1cc(I)c(C(=O)Nc2scc(-c3ccc(Br)cc3)c2C(=O)O)c(I)c1I. The fraction of sp³-hybridized carbons (Fsp3) is 0.0526. The molecule has 0 spiro atoms. The standard InChI is InChI=1S/C19H11BrI3NO4S/c1-28-12-6-11(21)14(16(23)15(12)22)17(25)24-18-13(19(26)27)10(7-29-18)8-2-4-9(20)5-3-8/h2-7H,1H3,(H,24,25)(H,26,27). The van der Waals surface area contributed by atoms with Crippen molar-refractivity contribution in [3.63, 3.8) is 0 Å². The highest BCUT2D eigenvalue weighted by Gasteiger charge is 2.24. The summed E-state index contributed by atoms with van der Waals surface area (Å²) in [7, 11) is 1.58. The molecule has 0 aliphatic heterocycles. The molecule has 10 heteroatoms. The number of hydrogen-bond donors (Lipinski definition) is 2. The normalized spacial score (nSPS) is 10.7. The van der Waals surface area contributed by atoms with Crippen molar-refractivity contribution < 1.29 is 19.4 Å². The molecule has 2 aromatic carbocycles. The Morgan fingerprint density at radius 1 is 1.10 bits per heavy atom. The number of carboxylic acid groups (broad SMARTS) is 1. The van der Waals surface area contributed by atoms with Gasteiger partial charge >= 0.3 is 5.97 Å². The number of aromatic carboxylic acids is 1. The minimum absolute atomic E-state index is 0.0823. The second-order valence-corrected chi connectivity index (χ2v) is 10.8. The molecule has 150 valence electrons. The molecule has 3 rings (SSSR count). The molecule has 0 unspecified atom stereocenters. The maximum Gasteiger partial charge on any atom is 0.339 e. The van der Waals surface area contributed by atoms with Crippen LogP contribution < -0.4 is 10.1 Å². The lowest BCUT2D eigenvalue weighted by Crippen LogP contribution is -2.17. The van der Waals surface area contributed by atoms with Crippen LogP contribution in [0.4, 0.5) is 5.00 Å². The van der Waals surface area contributed by atoms with E-state index in [2.05, 4.69) is 89.0 Å². The number of benzene rings is 2. The fourth-order valence-electron chi connectivity index (χ4n) is 2.60. The molecule has 0 bridgehead atoms. The number of nitrogens with one attached hydrogen (secondary N) is 1. The van der Waals surface area contributed by atoms with Crippen molar-refractivity contribution >= 4 is 112 Å². The van der Waals surface area contributed by atoms with Gasteiger partial charge in [0.15, 0.2) is 0 Å². The molecule has 0 saturated carbocycles. The smallest absolute Gasteiger partial charge is 0.339 e. The largest absolute Gasteiger partial charge is 0.496 e. The van der Waals surface area contributed by atoms with Crippen molar-refractivity contribution in [2.75, 3.05) is 12.4 Å². The molecule has 29 heavy (non-hydrogen) atoms. The molecule has 2 N–H and O–H groups in total. The van der Waals surface area contributed by atoms with E-state index in [9.17, 15) is 14.7 Å². The predicted octanol–water partition coefficient (Wildman–Crippen LogP) is 6.95. The number of carbonyl (C=O) groups excluding carboxylic acids is 1. The van der Waals surface area contributed by atoms with Crippen LogP contribution in [0.1, 0.15) is 20.7 Å². The minimum Gasteiger partial charge on any atom is -0.496 e. The number of carbonyl (C=O) groups is 2. The van der Waals surface area contributed by atoms with E-state index in [1.807, 2.05) is 24.3 Å². The zero-order valence-corrected chi connectivity index (χ0v) is 23.4. The summed E-state index contributed by atoms with van der Waals surface area (Å²) in [4.78, 5) is 25.0. The average molecular weight is 810 g/mol. The van der Waals surface area contributed by atoms with Crippen LogP contribution in [0.25, 0.3) is 11.1 Å². The van der Waals surface area contributed by atoms with Gasteiger partial charge in [-0.15, -0.1) is 11.3 Å². The summed E-state index contributed by atoms with van der Waals surface area (Å²) in [6.07, 6.45) is 0. The van der Waals surface area contributed by atoms with Gasteiger partial charge in [0.25, 0.3) is 5.91 Å². The van der Waals surface area contributed by atoms with Crippen LogP contribution in [-0.4, -0.2) is 24.1 Å². The summed E-state index contributed by atoms with van der Waals surface area (Å²) < 4.78 is 8.56. The quantitative estimate of drug-likeness (QED) is 0.216. The molecule has 0 atom stereocenters. The highest BCUT2D eigenvalue weighted by Crippen LogP contribution is 2.37. The van der Waals surface area contributed by atoms with E-state index >= 15 is 0 Å². The van der Waals surface area contributed by atoms with E-state index in [0.29, 0.717) is 21.9 Å². The molecule has 5 nitrogen and oxygen atoms in total. The Balaban J connectivity index is 2.01. The van der Waals surface area contributed by atoms with Crippen molar-refractivity contribution in [3.8, 4) is 16.9 Å². The molecule has 1 heterocycles. The number of methoxy groups -OCH3 is 1. The molecule has 0 fully saturated rings. The average Bonchev–Trinajstić information content (AvgIpc) is 3.09.